The molecule has 0 amide bonds. The summed E-state index contributed by atoms with van der Waals surface area (Å²) in [4.78, 5) is 4.51. The minimum Gasteiger partial charge on any atom is -0.309 e. The lowest BCUT2D eigenvalue weighted by molar-refractivity contribution is 0.534. The van der Waals surface area contributed by atoms with Crippen LogP contribution in [-0.2, 0) is 6.42 Å². The van der Waals surface area contributed by atoms with Crippen LogP contribution in [0.25, 0.3) is 0 Å². The van der Waals surface area contributed by atoms with Gasteiger partial charge in [0.05, 0.1) is 11.7 Å². The van der Waals surface area contributed by atoms with Crippen molar-refractivity contribution < 1.29 is 0 Å². The molecule has 6 heteroatoms. The zero-order valence-electron chi connectivity index (χ0n) is 11.3. The predicted molar refractivity (Wildman–Crippen MR) is 96.2 cm³/mol. The van der Waals surface area contributed by atoms with E-state index in [4.69, 9.17) is 23.2 Å². The third-order valence-electron chi connectivity index (χ3n) is 3.06. The van der Waals surface area contributed by atoms with Crippen LogP contribution < -0.4 is 5.32 Å². The fourth-order valence-electron chi connectivity index (χ4n) is 2.10. The molecule has 0 saturated heterocycles. The number of nitrogens with zero attached hydrogens (tertiary/aromatic N) is 1. The van der Waals surface area contributed by atoms with E-state index in [1.54, 1.807) is 12.3 Å². The zero-order valence-corrected chi connectivity index (χ0v) is 16.0. The first-order valence-electron chi connectivity index (χ1n) is 6.49. The first kappa shape index (κ1) is 17.2. The quantitative estimate of drug-likeness (QED) is 0.619. The second kappa shape index (κ2) is 7.93. The molecule has 2 aromatic rings. The third kappa shape index (κ3) is 4.67. The number of aromatic nitrogens is 1. The van der Waals surface area contributed by atoms with Crippen LogP contribution in [0.3, 0.4) is 0 Å². The van der Waals surface area contributed by atoms with Gasteiger partial charge in [-0.05, 0) is 68.6 Å². The van der Waals surface area contributed by atoms with E-state index < -0.39 is 0 Å². The van der Waals surface area contributed by atoms with Gasteiger partial charge < -0.3 is 5.32 Å². The number of hydrogen-bond donors (Lipinski definition) is 1. The first-order valence-corrected chi connectivity index (χ1v) is 8.83. The Bertz CT molecular complexity index is 635. The Morgan fingerprint density at radius 2 is 2.00 bits per heavy atom. The number of pyridine rings is 1. The van der Waals surface area contributed by atoms with Gasteiger partial charge in [-0.2, -0.15) is 0 Å². The van der Waals surface area contributed by atoms with Gasteiger partial charge in [0, 0.05) is 25.2 Å². The molecule has 0 aliphatic rings. The van der Waals surface area contributed by atoms with Gasteiger partial charge in [0.15, 0.2) is 0 Å². The summed E-state index contributed by atoms with van der Waals surface area (Å²) in [6, 6.07) is 7.66. The fraction of sp³-hybridized carbons (Fsp3) is 0.267. The molecular weight excluding hydrogens is 439 g/mol. The topological polar surface area (TPSA) is 24.9 Å². The molecule has 0 aliphatic heterocycles. The maximum Gasteiger partial charge on any atom is 0.0719 e. The third-order valence-corrected chi connectivity index (χ3v) is 4.71. The van der Waals surface area contributed by atoms with Crippen LogP contribution in [-0.4, -0.2) is 11.5 Å². The van der Waals surface area contributed by atoms with E-state index in [-0.39, 0.29) is 6.04 Å². The van der Waals surface area contributed by atoms with E-state index >= 15 is 0 Å². The molecule has 112 valence electrons. The Morgan fingerprint density at radius 1 is 1.24 bits per heavy atom. The highest BCUT2D eigenvalue weighted by Gasteiger charge is 2.17. The molecule has 0 saturated carbocycles. The highest BCUT2D eigenvalue weighted by atomic mass is 79.9. The molecule has 1 aromatic carbocycles. The average Bonchev–Trinajstić information content (AvgIpc) is 2.41. The lowest BCUT2D eigenvalue weighted by atomic mass is 10.0. The lowest BCUT2D eigenvalue weighted by Crippen LogP contribution is -2.24. The molecule has 1 aromatic heterocycles. The summed E-state index contributed by atoms with van der Waals surface area (Å²) in [5.74, 6) is 0. The Kier molecular flexibility index (Phi) is 6.51. The lowest BCUT2D eigenvalue weighted by Gasteiger charge is -2.19. The molecule has 0 bridgehead atoms. The molecule has 0 spiro atoms. The van der Waals surface area contributed by atoms with Crippen LogP contribution in [0.1, 0.15) is 24.2 Å². The van der Waals surface area contributed by atoms with Gasteiger partial charge >= 0.3 is 0 Å². The number of rotatable bonds is 5. The van der Waals surface area contributed by atoms with Crippen LogP contribution >= 0.6 is 55.1 Å². The van der Waals surface area contributed by atoms with Crippen LogP contribution in [0.5, 0.6) is 0 Å². The zero-order chi connectivity index (χ0) is 15.4. The van der Waals surface area contributed by atoms with Crippen molar-refractivity contribution in [1.82, 2.24) is 10.3 Å². The van der Waals surface area contributed by atoms with Crippen molar-refractivity contribution in [2.75, 3.05) is 6.54 Å². The second-order valence-corrected chi connectivity index (χ2v) is 7.18. The number of likely N-dealkylation sites (N-methyl/N-ethyl adjacent to an activating group) is 1. The van der Waals surface area contributed by atoms with Gasteiger partial charge in [0.1, 0.15) is 0 Å². The maximum absolute atomic E-state index is 6.27. The van der Waals surface area contributed by atoms with Gasteiger partial charge in [0.25, 0.3) is 0 Å². The van der Waals surface area contributed by atoms with Crippen LogP contribution in [0.15, 0.2) is 39.4 Å². The average molecular weight is 453 g/mol. The van der Waals surface area contributed by atoms with Gasteiger partial charge in [-0.3, -0.25) is 4.98 Å². The van der Waals surface area contributed by atoms with E-state index in [1.165, 1.54) is 0 Å². The summed E-state index contributed by atoms with van der Waals surface area (Å²) in [6.45, 7) is 2.92. The monoisotopic (exact) mass is 450 g/mol. The van der Waals surface area contributed by atoms with E-state index in [1.807, 2.05) is 18.2 Å². The number of hydrogen-bond acceptors (Lipinski definition) is 2. The fourth-order valence-corrected chi connectivity index (χ4v) is 3.85. The first-order chi connectivity index (χ1) is 10.0. The normalized spacial score (nSPS) is 12.4. The van der Waals surface area contributed by atoms with Crippen molar-refractivity contribution in [3.05, 3.63) is 60.7 Å². The summed E-state index contributed by atoms with van der Waals surface area (Å²) in [7, 11) is 0. The molecule has 21 heavy (non-hydrogen) atoms. The summed E-state index contributed by atoms with van der Waals surface area (Å²) < 4.78 is 1.91. The predicted octanol–water partition coefficient (Wildman–Crippen LogP) is 5.81. The Balaban J connectivity index is 2.30. The minimum absolute atomic E-state index is 0.0798. The van der Waals surface area contributed by atoms with Crippen LogP contribution in [0, 0.1) is 0 Å². The van der Waals surface area contributed by atoms with Crippen molar-refractivity contribution in [2.45, 2.75) is 19.4 Å². The van der Waals surface area contributed by atoms with Crippen molar-refractivity contribution in [1.29, 1.82) is 0 Å². The summed E-state index contributed by atoms with van der Waals surface area (Å²) in [5, 5.41) is 4.77. The van der Waals surface area contributed by atoms with Gasteiger partial charge in [-0.15, -0.1) is 0 Å². The molecule has 0 aliphatic carbocycles. The molecule has 1 unspecified atom stereocenters. The summed E-state index contributed by atoms with van der Waals surface area (Å²) in [6.07, 6.45) is 2.55. The number of nitrogens with one attached hydrogen (secondary N) is 1. The molecule has 1 heterocycles. The Labute approximate surface area is 151 Å². The number of benzene rings is 1. The molecule has 2 nitrogen and oxygen atoms in total. The van der Waals surface area contributed by atoms with Crippen LogP contribution in [0.2, 0.25) is 10.0 Å². The molecule has 0 radical (unpaired) electrons. The standard InChI is InChI=1S/C15H14Br2Cl2N2/c1-2-20-14(15-12(17)6-10(16)8-21-15)5-9-3-4-11(18)7-13(9)19/h3-4,6-8,14,20H,2,5H2,1H3. The largest absolute Gasteiger partial charge is 0.309 e. The van der Waals surface area contributed by atoms with E-state index in [2.05, 4.69) is 49.1 Å². The SMILES string of the molecule is CCNC(Cc1ccc(Cl)cc1Cl)c1ncc(Br)cc1Br. The summed E-state index contributed by atoms with van der Waals surface area (Å²) >= 11 is 19.2. The molecule has 1 atom stereocenters. The maximum atomic E-state index is 6.27. The smallest absolute Gasteiger partial charge is 0.0719 e. The van der Waals surface area contributed by atoms with Crippen molar-refractivity contribution >= 4 is 55.1 Å². The van der Waals surface area contributed by atoms with Crippen molar-refractivity contribution in [3.63, 3.8) is 0 Å². The van der Waals surface area contributed by atoms with E-state index in [9.17, 15) is 0 Å². The Morgan fingerprint density at radius 3 is 2.62 bits per heavy atom. The molecule has 1 N–H and O–H groups in total. The highest BCUT2D eigenvalue weighted by molar-refractivity contribution is 9.11. The van der Waals surface area contributed by atoms with Crippen molar-refractivity contribution in [2.24, 2.45) is 0 Å². The van der Waals surface area contributed by atoms with Gasteiger partial charge in [-0.25, -0.2) is 0 Å². The minimum atomic E-state index is 0.0798. The van der Waals surface area contributed by atoms with Crippen LogP contribution in [0.4, 0.5) is 0 Å². The Hall–Kier alpha value is -0.130. The second-order valence-electron chi connectivity index (χ2n) is 4.57. The molecule has 2 rings (SSSR count). The number of halogens is 4. The molecular formula is C15H14Br2Cl2N2. The highest BCUT2D eigenvalue weighted by Crippen LogP contribution is 2.29. The summed E-state index contributed by atoms with van der Waals surface area (Å²) in [5.41, 5.74) is 2.01. The van der Waals surface area contributed by atoms with E-state index in [0.29, 0.717) is 10.0 Å². The van der Waals surface area contributed by atoms with Gasteiger partial charge in [0.2, 0.25) is 0 Å². The molecule has 0 fully saturated rings. The van der Waals surface area contributed by atoms with Gasteiger partial charge in [-0.1, -0.05) is 36.2 Å². The van der Waals surface area contributed by atoms with E-state index in [0.717, 1.165) is 33.2 Å². The van der Waals surface area contributed by atoms with Crippen molar-refractivity contribution in [3.8, 4) is 0 Å².